The van der Waals surface area contributed by atoms with Crippen LogP contribution in [0.1, 0.15) is 26.3 Å². The van der Waals surface area contributed by atoms with Crippen molar-refractivity contribution in [3.8, 4) is 0 Å². The molecule has 4 heteroatoms. The van der Waals surface area contributed by atoms with Crippen LogP contribution in [0, 0.1) is 6.92 Å². The molecule has 25 heavy (non-hydrogen) atoms. The fourth-order valence-electron chi connectivity index (χ4n) is 2.30. The summed E-state index contributed by atoms with van der Waals surface area (Å²) in [4.78, 5) is 30.7. The SMILES string of the molecule is Cc1ccc(C(=O)ON(C(=O)c2ccccc2)c2ccccc2)cc1. The second-order valence-electron chi connectivity index (χ2n) is 5.55. The number of amides is 1. The number of rotatable bonds is 3. The molecule has 0 aliphatic heterocycles. The van der Waals surface area contributed by atoms with Crippen molar-refractivity contribution < 1.29 is 14.4 Å². The van der Waals surface area contributed by atoms with E-state index in [1.54, 1.807) is 60.7 Å². The van der Waals surface area contributed by atoms with Crippen LogP contribution < -0.4 is 5.06 Å². The molecule has 3 aromatic carbocycles. The average Bonchev–Trinajstić information content (AvgIpc) is 2.67. The molecule has 0 saturated carbocycles. The molecule has 0 aliphatic rings. The van der Waals surface area contributed by atoms with Gasteiger partial charge in [-0.1, -0.05) is 54.1 Å². The third-order valence-corrected chi connectivity index (χ3v) is 3.66. The molecule has 3 aromatic rings. The Morgan fingerprint density at radius 2 is 1.28 bits per heavy atom. The Morgan fingerprint density at radius 1 is 0.720 bits per heavy atom. The van der Waals surface area contributed by atoms with Crippen molar-refractivity contribution in [1.82, 2.24) is 0 Å². The van der Waals surface area contributed by atoms with Crippen LogP contribution >= 0.6 is 0 Å². The maximum atomic E-state index is 12.8. The zero-order valence-electron chi connectivity index (χ0n) is 13.8. The smallest absolute Gasteiger partial charge is 0.327 e. The Labute approximate surface area is 146 Å². The molecular formula is C21H17NO3. The predicted molar refractivity (Wildman–Crippen MR) is 96.3 cm³/mol. The molecule has 0 atom stereocenters. The molecule has 0 aromatic heterocycles. The number of nitrogens with zero attached hydrogens (tertiary/aromatic N) is 1. The molecule has 0 unspecified atom stereocenters. The van der Waals surface area contributed by atoms with E-state index >= 15 is 0 Å². The molecule has 0 spiro atoms. The summed E-state index contributed by atoms with van der Waals surface area (Å²) in [5.41, 5.74) is 2.34. The van der Waals surface area contributed by atoms with E-state index in [9.17, 15) is 9.59 Å². The second kappa shape index (κ2) is 7.45. The molecule has 0 heterocycles. The van der Waals surface area contributed by atoms with Crippen LogP contribution in [0.4, 0.5) is 5.69 Å². The third-order valence-electron chi connectivity index (χ3n) is 3.66. The third kappa shape index (κ3) is 3.93. The van der Waals surface area contributed by atoms with Gasteiger partial charge in [0.1, 0.15) is 0 Å². The predicted octanol–water partition coefficient (Wildman–Crippen LogP) is 4.41. The van der Waals surface area contributed by atoms with Crippen LogP contribution in [-0.4, -0.2) is 11.9 Å². The number of carbonyl (C=O) groups is 2. The van der Waals surface area contributed by atoms with E-state index in [-0.39, 0.29) is 0 Å². The van der Waals surface area contributed by atoms with Crippen LogP contribution in [0.2, 0.25) is 0 Å². The summed E-state index contributed by atoms with van der Waals surface area (Å²) in [7, 11) is 0. The lowest BCUT2D eigenvalue weighted by molar-refractivity contribution is 0.0409. The van der Waals surface area contributed by atoms with E-state index in [1.165, 1.54) is 0 Å². The summed E-state index contributed by atoms with van der Waals surface area (Å²) in [6, 6.07) is 24.5. The molecular weight excluding hydrogens is 314 g/mol. The average molecular weight is 331 g/mol. The largest absolute Gasteiger partial charge is 0.363 e. The van der Waals surface area contributed by atoms with Gasteiger partial charge in [-0.05, 0) is 43.3 Å². The number of para-hydroxylation sites is 1. The first-order chi connectivity index (χ1) is 12.1. The van der Waals surface area contributed by atoms with E-state index in [2.05, 4.69) is 0 Å². The zero-order valence-corrected chi connectivity index (χ0v) is 13.8. The Balaban J connectivity index is 1.90. The van der Waals surface area contributed by atoms with Crippen molar-refractivity contribution >= 4 is 17.6 Å². The first-order valence-corrected chi connectivity index (χ1v) is 7.88. The van der Waals surface area contributed by atoms with Crippen LogP contribution in [0.3, 0.4) is 0 Å². The highest BCUT2D eigenvalue weighted by molar-refractivity contribution is 6.06. The monoisotopic (exact) mass is 331 g/mol. The lowest BCUT2D eigenvalue weighted by Gasteiger charge is -2.21. The summed E-state index contributed by atoms with van der Waals surface area (Å²) in [6.07, 6.45) is 0. The van der Waals surface area contributed by atoms with Crippen LogP contribution in [0.25, 0.3) is 0 Å². The normalized spacial score (nSPS) is 10.1. The van der Waals surface area contributed by atoms with Gasteiger partial charge in [0.2, 0.25) is 0 Å². The molecule has 124 valence electrons. The zero-order chi connectivity index (χ0) is 17.6. The second-order valence-corrected chi connectivity index (χ2v) is 5.55. The number of benzene rings is 3. The summed E-state index contributed by atoms with van der Waals surface area (Å²) in [5, 5.41) is 1.03. The highest BCUT2D eigenvalue weighted by Crippen LogP contribution is 2.19. The van der Waals surface area contributed by atoms with Crippen LogP contribution in [0.5, 0.6) is 0 Å². The number of carbonyl (C=O) groups excluding carboxylic acids is 2. The summed E-state index contributed by atoms with van der Waals surface area (Å²) >= 11 is 0. The molecule has 0 N–H and O–H groups in total. The fraction of sp³-hybridized carbons (Fsp3) is 0.0476. The van der Waals surface area contributed by atoms with Gasteiger partial charge in [0, 0.05) is 5.56 Å². The van der Waals surface area contributed by atoms with E-state index in [1.807, 2.05) is 31.2 Å². The summed E-state index contributed by atoms with van der Waals surface area (Å²) in [5.74, 6) is -1.000. The molecule has 0 bridgehead atoms. The highest BCUT2D eigenvalue weighted by atomic mass is 16.7. The van der Waals surface area contributed by atoms with Crippen molar-refractivity contribution in [1.29, 1.82) is 0 Å². The number of hydrogen-bond donors (Lipinski definition) is 0. The topological polar surface area (TPSA) is 46.6 Å². The molecule has 0 fully saturated rings. The molecule has 1 amide bonds. The van der Waals surface area contributed by atoms with Gasteiger partial charge in [-0.3, -0.25) is 4.79 Å². The minimum absolute atomic E-state index is 0.382. The fourth-order valence-corrected chi connectivity index (χ4v) is 2.30. The van der Waals surface area contributed by atoms with Gasteiger partial charge in [0.15, 0.2) is 0 Å². The van der Waals surface area contributed by atoms with Gasteiger partial charge >= 0.3 is 5.97 Å². The van der Waals surface area contributed by atoms with Gasteiger partial charge < -0.3 is 4.84 Å². The van der Waals surface area contributed by atoms with E-state index in [0.29, 0.717) is 16.8 Å². The van der Waals surface area contributed by atoms with Crippen molar-refractivity contribution in [3.05, 3.63) is 102 Å². The minimum Gasteiger partial charge on any atom is -0.327 e. The number of hydrogen-bond acceptors (Lipinski definition) is 3. The van der Waals surface area contributed by atoms with Gasteiger partial charge in [-0.15, -0.1) is 5.06 Å². The van der Waals surface area contributed by atoms with E-state index < -0.39 is 11.9 Å². The van der Waals surface area contributed by atoms with Crippen LogP contribution in [0.15, 0.2) is 84.9 Å². The Hall–Kier alpha value is -3.40. The van der Waals surface area contributed by atoms with Crippen molar-refractivity contribution in [2.45, 2.75) is 6.92 Å². The first kappa shape index (κ1) is 16.5. The minimum atomic E-state index is -0.590. The molecule has 0 radical (unpaired) electrons. The number of anilines is 1. The number of hydroxylamine groups is 1. The van der Waals surface area contributed by atoms with Crippen LogP contribution in [-0.2, 0) is 4.84 Å². The first-order valence-electron chi connectivity index (χ1n) is 7.88. The van der Waals surface area contributed by atoms with E-state index in [4.69, 9.17) is 4.84 Å². The van der Waals surface area contributed by atoms with Gasteiger partial charge in [-0.2, -0.15) is 0 Å². The Morgan fingerprint density at radius 3 is 1.88 bits per heavy atom. The quantitative estimate of drug-likeness (QED) is 0.668. The van der Waals surface area contributed by atoms with Gasteiger partial charge in [-0.25, -0.2) is 4.79 Å². The molecule has 3 rings (SSSR count). The summed E-state index contributed by atoms with van der Waals surface area (Å²) < 4.78 is 0. The lowest BCUT2D eigenvalue weighted by Crippen LogP contribution is -2.33. The standard InChI is InChI=1S/C21H17NO3/c1-16-12-14-18(15-13-16)21(24)25-22(19-10-6-3-7-11-19)20(23)17-8-4-2-5-9-17/h2-15H,1H3. The van der Waals surface area contributed by atoms with Gasteiger partial charge in [0.05, 0.1) is 11.3 Å². The molecule has 0 aliphatic carbocycles. The highest BCUT2D eigenvalue weighted by Gasteiger charge is 2.23. The lowest BCUT2D eigenvalue weighted by atomic mass is 10.1. The van der Waals surface area contributed by atoms with Crippen molar-refractivity contribution in [3.63, 3.8) is 0 Å². The maximum absolute atomic E-state index is 12.8. The van der Waals surface area contributed by atoms with Crippen molar-refractivity contribution in [2.75, 3.05) is 5.06 Å². The molecule has 4 nitrogen and oxygen atoms in total. The maximum Gasteiger partial charge on any atom is 0.363 e. The Kier molecular flexibility index (Phi) is 4.90. The summed E-state index contributed by atoms with van der Waals surface area (Å²) in [6.45, 7) is 1.93. The number of aryl methyl sites for hydroxylation is 1. The van der Waals surface area contributed by atoms with E-state index in [0.717, 1.165) is 10.6 Å². The Bertz CT molecular complexity index is 859. The molecule has 0 saturated heterocycles. The van der Waals surface area contributed by atoms with Gasteiger partial charge in [0.25, 0.3) is 5.91 Å². The van der Waals surface area contributed by atoms with Crippen molar-refractivity contribution in [2.24, 2.45) is 0 Å².